The Hall–Kier alpha value is -2.36. The van der Waals surface area contributed by atoms with Gasteiger partial charge in [0.25, 0.3) is 5.56 Å². The molecule has 3 rings (SSSR count). The molecular weight excluding hydrogens is 226 g/mol. The SMILES string of the molecule is Cc1cc2nc(Cc3ccccc3)cc(=O)n2[nH]1. The Balaban J connectivity index is 2.05. The molecule has 90 valence electrons. The number of nitrogens with one attached hydrogen (secondary N) is 1. The van der Waals surface area contributed by atoms with Crippen molar-refractivity contribution >= 4 is 5.65 Å². The van der Waals surface area contributed by atoms with Gasteiger partial charge in [-0.1, -0.05) is 30.3 Å². The average molecular weight is 239 g/mol. The highest BCUT2D eigenvalue weighted by atomic mass is 16.1. The van der Waals surface area contributed by atoms with Crippen LogP contribution in [0.5, 0.6) is 0 Å². The van der Waals surface area contributed by atoms with Gasteiger partial charge >= 0.3 is 0 Å². The largest absolute Gasteiger partial charge is 0.294 e. The minimum absolute atomic E-state index is 0.0703. The van der Waals surface area contributed by atoms with E-state index in [1.165, 1.54) is 4.52 Å². The number of nitrogens with zero attached hydrogens (tertiary/aromatic N) is 2. The summed E-state index contributed by atoms with van der Waals surface area (Å²) < 4.78 is 1.46. The van der Waals surface area contributed by atoms with Crippen LogP contribution in [0.15, 0.2) is 47.3 Å². The molecule has 18 heavy (non-hydrogen) atoms. The first-order valence-corrected chi connectivity index (χ1v) is 5.84. The van der Waals surface area contributed by atoms with Crippen LogP contribution in [0.3, 0.4) is 0 Å². The molecule has 0 saturated heterocycles. The van der Waals surface area contributed by atoms with Crippen molar-refractivity contribution in [1.29, 1.82) is 0 Å². The number of H-pyrrole nitrogens is 1. The highest BCUT2D eigenvalue weighted by molar-refractivity contribution is 5.40. The smallest absolute Gasteiger partial charge is 0.272 e. The quantitative estimate of drug-likeness (QED) is 0.742. The van der Waals surface area contributed by atoms with E-state index in [4.69, 9.17) is 0 Å². The van der Waals surface area contributed by atoms with E-state index in [1.54, 1.807) is 6.07 Å². The summed E-state index contributed by atoms with van der Waals surface area (Å²) in [5, 5.41) is 2.96. The molecule has 2 heterocycles. The molecule has 4 heteroatoms. The molecule has 0 aliphatic rings. The number of benzene rings is 1. The fraction of sp³-hybridized carbons (Fsp3) is 0.143. The topological polar surface area (TPSA) is 50.2 Å². The van der Waals surface area contributed by atoms with E-state index in [2.05, 4.69) is 10.1 Å². The Morgan fingerprint density at radius 3 is 2.78 bits per heavy atom. The summed E-state index contributed by atoms with van der Waals surface area (Å²) in [6, 6.07) is 13.5. The highest BCUT2D eigenvalue weighted by Gasteiger charge is 2.05. The predicted molar refractivity (Wildman–Crippen MR) is 69.8 cm³/mol. The van der Waals surface area contributed by atoms with Gasteiger partial charge in [0.05, 0.1) is 5.69 Å². The molecule has 0 aliphatic carbocycles. The summed E-state index contributed by atoms with van der Waals surface area (Å²) >= 11 is 0. The first-order valence-electron chi connectivity index (χ1n) is 5.84. The van der Waals surface area contributed by atoms with E-state index in [1.807, 2.05) is 43.3 Å². The number of aryl methyl sites for hydroxylation is 1. The third kappa shape index (κ3) is 1.93. The van der Waals surface area contributed by atoms with Crippen molar-refractivity contribution in [1.82, 2.24) is 14.6 Å². The second kappa shape index (κ2) is 4.14. The van der Waals surface area contributed by atoms with Gasteiger partial charge in [-0.2, -0.15) is 0 Å². The van der Waals surface area contributed by atoms with Crippen molar-refractivity contribution in [2.45, 2.75) is 13.3 Å². The lowest BCUT2D eigenvalue weighted by Crippen LogP contribution is -2.15. The van der Waals surface area contributed by atoms with Gasteiger partial charge in [0, 0.05) is 24.2 Å². The maximum atomic E-state index is 11.9. The third-order valence-electron chi connectivity index (χ3n) is 2.86. The van der Waals surface area contributed by atoms with Gasteiger partial charge in [-0.25, -0.2) is 9.50 Å². The molecule has 1 N–H and O–H groups in total. The fourth-order valence-corrected chi connectivity index (χ4v) is 2.06. The van der Waals surface area contributed by atoms with E-state index < -0.39 is 0 Å². The van der Waals surface area contributed by atoms with Crippen LogP contribution in [0.2, 0.25) is 0 Å². The maximum Gasteiger partial charge on any atom is 0.272 e. The molecule has 0 unspecified atom stereocenters. The minimum atomic E-state index is -0.0703. The molecule has 4 nitrogen and oxygen atoms in total. The zero-order chi connectivity index (χ0) is 12.5. The van der Waals surface area contributed by atoms with Crippen LogP contribution in [0, 0.1) is 6.92 Å². The Bertz CT molecular complexity index is 741. The fourth-order valence-electron chi connectivity index (χ4n) is 2.06. The number of rotatable bonds is 2. The number of hydrogen-bond acceptors (Lipinski definition) is 2. The Kier molecular flexibility index (Phi) is 2.48. The molecular formula is C14H13N3O. The molecule has 0 fully saturated rings. The predicted octanol–water partition coefficient (Wildman–Crippen LogP) is 1.92. The summed E-state index contributed by atoms with van der Waals surface area (Å²) in [4.78, 5) is 16.4. The van der Waals surface area contributed by atoms with Crippen molar-refractivity contribution in [3.63, 3.8) is 0 Å². The maximum absolute atomic E-state index is 11.9. The number of hydrogen-bond donors (Lipinski definition) is 1. The molecule has 0 amide bonds. The van der Waals surface area contributed by atoms with Gasteiger partial charge in [-0.3, -0.25) is 9.89 Å². The van der Waals surface area contributed by atoms with E-state index in [0.29, 0.717) is 12.1 Å². The summed E-state index contributed by atoms with van der Waals surface area (Å²) in [6.45, 7) is 1.91. The van der Waals surface area contributed by atoms with Crippen LogP contribution >= 0.6 is 0 Å². The standard InChI is InChI=1S/C14H13N3O/c1-10-7-13-15-12(9-14(18)17(13)16-10)8-11-5-3-2-4-6-11/h2-7,9,16H,8H2,1H3. The van der Waals surface area contributed by atoms with Crippen LogP contribution in [-0.2, 0) is 6.42 Å². The van der Waals surface area contributed by atoms with Gasteiger partial charge in [0.2, 0.25) is 0 Å². The molecule has 3 aromatic rings. The lowest BCUT2D eigenvalue weighted by Gasteiger charge is -2.01. The van der Waals surface area contributed by atoms with Gasteiger partial charge in [-0.05, 0) is 12.5 Å². The zero-order valence-corrected chi connectivity index (χ0v) is 10.1. The Labute approximate surface area is 104 Å². The molecule has 0 aliphatic heterocycles. The highest BCUT2D eigenvalue weighted by Crippen LogP contribution is 2.07. The number of fused-ring (bicyclic) bond motifs is 1. The Morgan fingerprint density at radius 1 is 1.22 bits per heavy atom. The second-order valence-electron chi connectivity index (χ2n) is 4.38. The van der Waals surface area contributed by atoms with Crippen LogP contribution in [0.4, 0.5) is 0 Å². The van der Waals surface area contributed by atoms with E-state index in [9.17, 15) is 4.79 Å². The molecule has 0 saturated carbocycles. The lowest BCUT2D eigenvalue weighted by atomic mass is 10.1. The molecule has 0 atom stereocenters. The van der Waals surface area contributed by atoms with Gasteiger partial charge in [-0.15, -0.1) is 0 Å². The number of aromatic amines is 1. The molecule has 2 aromatic heterocycles. The van der Waals surface area contributed by atoms with Crippen molar-refractivity contribution in [2.75, 3.05) is 0 Å². The van der Waals surface area contributed by atoms with Gasteiger partial charge in [0.1, 0.15) is 0 Å². The number of aromatic nitrogens is 3. The van der Waals surface area contributed by atoms with Crippen molar-refractivity contribution in [2.24, 2.45) is 0 Å². The molecule has 0 bridgehead atoms. The van der Waals surface area contributed by atoms with Crippen LogP contribution in [0.1, 0.15) is 17.0 Å². The summed E-state index contributed by atoms with van der Waals surface area (Å²) in [5.74, 6) is 0. The molecule has 1 aromatic carbocycles. The summed E-state index contributed by atoms with van der Waals surface area (Å²) in [7, 11) is 0. The minimum Gasteiger partial charge on any atom is -0.294 e. The van der Waals surface area contributed by atoms with Gasteiger partial charge < -0.3 is 0 Å². The van der Waals surface area contributed by atoms with Crippen LogP contribution < -0.4 is 5.56 Å². The zero-order valence-electron chi connectivity index (χ0n) is 10.1. The summed E-state index contributed by atoms with van der Waals surface area (Å²) in [5.41, 5.74) is 3.48. The molecule has 0 spiro atoms. The first-order chi connectivity index (χ1) is 8.72. The van der Waals surface area contributed by atoms with E-state index in [0.717, 1.165) is 17.0 Å². The van der Waals surface area contributed by atoms with Crippen LogP contribution in [0.25, 0.3) is 5.65 Å². The van der Waals surface area contributed by atoms with E-state index >= 15 is 0 Å². The first kappa shape index (κ1) is 10.8. The van der Waals surface area contributed by atoms with Crippen LogP contribution in [-0.4, -0.2) is 14.6 Å². The van der Waals surface area contributed by atoms with Crippen molar-refractivity contribution in [3.05, 3.63) is 69.8 Å². The normalized spacial score (nSPS) is 10.9. The third-order valence-corrected chi connectivity index (χ3v) is 2.86. The Morgan fingerprint density at radius 2 is 2.00 bits per heavy atom. The van der Waals surface area contributed by atoms with Crippen molar-refractivity contribution < 1.29 is 0 Å². The lowest BCUT2D eigenvalue weighted by molar-refractivity contribution is 0.866. The van der Waals surface area contributed by atoms with Gasteiger partial charge in [0.15, 0.2) is 5.65 Å². The average Bonchev–Trinajstić information content (AvgIpc) is 2.72. The monoisotopic (exact) mass is 239 g/mol. The molecule has 0 radical (unpaired) electrons. The summed E-state index contributed by atoms with van der Waals surface area (Å²) in [6.07, 6.45) is 0.677. The second-order valence-corrected chi connectivity index (χ2v) is 4.38. The van der Waals surface area contributed by atoms with Crippen molar-refractivity contribution in [3.8, 4) is 0 Å². The van der Waals surface area contributed by atoms with E-state index in [-0.39, 0.29) is 5.56 Å².